The van der Waals surface area contributed by atoms with Gasteiger partial charge < -0.3 is 14.9 Å². The summed E-state index contributed by atoms with van der Waals surface area (Å²) in [7, 11) is 0. The summed E-state index contributed by atoms with van der Waals surface area (Å²) in [6.07, 6.45) is 2.30. The molecule has 2 N–H and O–H groups in total. The van der Waals surface area contributed by atoms with Gasteiger partial charge in [-0.25, -0.2) is 0 Å². The molecule has 2 aromatic heterocycles. The number of aliphatic carboxylic acids is 1. The SMILES string of the molecule is Cc1noc(C)c1CCC(=O)Nc1ccn(CC(=O)O)n1. The van der Waals surface area contributed by atoms with E-state index in [0.717, 1.165) is 11.3 Å². The third-order valence-corrected chi connectivity index (χ3v) is 2.99. The second-order valence-corrected chi connectivity index (χ2v) is 4.64. The smallest absolute Gasteiger partial charge is 0.325 e. The predicted octanol–water partition coefficient (Wildman–Crippen LogP) is 1.14. The van der Waals surface area contributed by atoms with E-state index in [-0.39, 0.29) is 18.9 Å². The van der Waals surface area contributed by atoms with Crippen LogP contribution in [0.1, 0.15) is 23.4 Å². The Hall–Kier alpha value is -2.64. The molecule has 112 valence electrons. The van der Waals surface area contributed by atoms with Crippen LogP contribution in [0.3, 0.4) is 0 Å². The highest BCUT2D eigenvalue weighted by Crippen LogP contribution is 2.14. The van der Waals surface area contributed by atoms with Gasteiger partial charge in [-0.1, -0.05) is 5.16 Å². The van der Waals surface area contributed by atoms with E-state index in [1.807, 2.05) is 6.92 Å². The molecule has 0 bridgehead atoms. The highest BCUT2D eigenvalue weighted by Gasteiger charge is 2.12. The van der Waals surface area contributed by atoms with Crippen molar-refractivity contribution in [3.05, 3.63) is 29.3 Å². The number of hydrogen-bond donors (Lipinski definition) is 2. The minimum atomic E-state index is -0.991. The summed E-state index contributed by atoms with van der Waals surface area (Å²) in [4.78, 5) is 22.4. The molecule has 2 rings (SSSR count). The Bertz CT molecular complexity index is 639. The van der Waals surface area contributed by atoms with Gasteiger partial charge in [0, 0.05) is 24.2 Å². The molecule has 0 saturated carbocycles. The van der Waals surface area contributed by atoms with E-state index in [1.54, 1.807) is 13.0 Å². The standard InChI is InChI=1S/C13H16N4O4/c1-8-10(9(2)21-16-8)3-4-12(18)14-11-5-6-17(15-11)7-13(19)20/h5-6H,3-4,7H2,1-2H3,(H,19,20)(H,14,15,18). The molecule has 0 fully saturated rings. The van der Waals surface area contributed by atoms with E-state index in [1.165, 1.54) is 10.9 Å². The van der Waals surface area contributed by atoms with Crippen molar-refractivity contribution in [1.82, 2.24) is 14.9 Å². The van der Waals surface area contributed by atoms with Crippen molar-refractivity contribution in [3.8, 4) is 0 Å². The van der Waals surface area contributed by atoms with Crippen LogP contribution in [0.25, 0.3) is 0 Å². The summed E-state index contributed by atoms with van der Waals surface area (Å²) in [6, 6.07) is 1.55. The first-order valence-corrected chi connectivity index (χ1v) is 6.42. The number of hydrogen-bond acceptors (Lipinski definition) is 5. The summed E-state index contributed by atoms with van der Waals surface area (Å²) >= 11 is 0. The number of aromatic nitrogens is 3. The summed E-state index contributed by atoms with van der Waals surface area (Å²) < 4.78 is 6.28. The first-order chi connectivity index (χ1) is 9.95. The van der Waals surface area contributed by atoms with Crippen molar-refractivity contribution in [3.63, 3.8) is 0 Å². The minimum absolute atomic E-state index is 0.199. The maximum Gasteiger partial charge on any atom is 0.325 e. The summed E-state index contributed by atoms with van der Waals surface area (Å²) in [5, 5.41) is 19.0. The van der Waals surface area contributed by atoms with Crippen molar-refractivity contribution in [1.29, 1.82) is 0 Å². The molecule has 0 aliphatic rings. The number of carbonyl (C=O) groups excluding carboxylic acids is 1. The fraction of sp³-hybridized carbons (Fsp3) is 0.385. The molecule has 0 saturated heterocycles. The van der Waals surface area contributed by atoms with E-state index in [4.69, 9.17) is 9.63 Å². The van der Waals surface area contributed by atoms with Crippen LogP contribution in [0.15, 0.2) is 16.8 Å². The van der Waals surface area contributed by atoms with Gasteiger partial charge in [0.2, 0.25) is 5.91 Å². The van der Waals surface area contributed by atoms with Gasteiger partial charge in [0.15, 0.2) is 5.82 Å². The van der Waals surface area contributed by atoms with Crippen LogP contribution in [0, 0.1) is 13.8 Å². The lowest BCUT2D eigenvalue weighted by Gasteiger charge is -2.02. The lowest BCUT2D eigenvalue weighted by atomic mass is 10.1. The van der Waals surface area contributed by atoms with Crippen molar-refractivity contribution in [2.24, 2.45) is 0 Å². The van der Waals surface area contributed by atoms with Gasteiger partial charge >= 0.3 is 5.97 Å². The Balaban J connectivity index is 1.87. The molecule has 2 aromatic rings. The molecular formula is C13H16N4O4. The number of carboxylic acid groups (broad SMARTS) is 1. The third kappa shape index (κ3) is 3.91. The highest BCUT2D eigenvalue weighted by atomic mass is 16.5. The number of nitrogens with one attached hydrogen (secondary N) is 1. The fourth-order valence-corrected chi connectivity index (χ4v) is 1.96. The Labute approximate surface area is 120 Å². The zero-order valence-corrected chi connectivity index (χ0v) is 11.8. The Morgan fingerprint density at radius 3 is 2.81 bits per heavy atom. The van der Waals surface area contributed by atoms with Gasteiger partial charge in [0.1, 0.15) is 12.3 Å². The van der Waals surface area contributed by atoms with E-state index < -0.39 is 5.97 Å². The van der Waals surface area contributed by atoms with E-state index >= 15 is 0 Å². The topological polar surface area (TPSA) is 110 Å². The third-order valence-electron chi connectivity index (χ3n) is 2.99. The molecule has 0 unspecified atom stereocenters. The molecule has 8 nitrogen and oxygen atoms in total. The molecule has 0 aliphatic carbocycles. The lowest BCUT2D eigenvalue weighted by Crippen LogP contribution is -2.14. The molecule has 2 heterocycles. The number of rotatable bonds is 6. The predicted molar refractivity (Wildman–Crippen MR) is 72.8 cm³/mol. The fourth-order valence-electron chi connectivity index (χ4n) is 1.96. The number of anilines is 1. The van der Waals surface area contributed by atoms with E-state index in [0.29, 0.717) is 18.0 Å². The number of carboxylic acids is 1. The van der Waals surface area contributed by atoms with Gasteiger partial charge in [-0.05, 0) is 20.3 Å². The van der Waals surface area contributed by atoms with Gasteiger partial charge in [-0.3, -0.25) is 14.3 Å². The number of carbonyl (C=O) groups is 2. The van der Waals surface area contributed by atoms with E-state index in [9.17, 15) is 9.59 Å². The van der Waals surface area contributed by atoms with Crippen molar-refractivity contribution in [2.75, 3.05) is 5.32 Å². The van der Waals surface area contributed by atoms with Crippen LogP contribution in [-0.4, -0.2) is 31.9 Å². The summed E-state index contributed by atoms with van der Waals surface area (Å²) in [5.41, 5.74) is 1.72. The van der Waals surface area contributed by atoms with Crippen LogP contribution >= 0.6 is 0 Å². The maximum atomic E-state index is 11.8. The van der Waals surface area contributed by atoms with Crippen molar-refractivity contribution < 1.29 is 19.2 Å². The first kappa shape index (κ1) is 14.8. The molecule has 0 spiro atoms. The van der Waals surface area contributed by atoms with Crippen LogP contribution in [-0.2, 0) is 22.6 Å². The molecule has 8 heteroatoms. The Morgan fingerprint density at radius 2 is 2.19 bits per heavy atom. The molecule has 0 aliphatic heterocycles. The molecule has 1 amide bonds. The average molecular weight is 292 g/mol. The van der Waals surface area contributed by atoms with Crippen LogP contribution in [0.2, 0.25) is 0 Å². The van der Waals surface area contributed by atoms with Crippen molar-refractivity contribution in [2.45, 2.75) is 33.2 Å². The second kappa shape index (κ2) is 6.21. The highest BCUT2D eigenvalue weighted by molar-refractivity contribution is 5.89. The normalized spacial score (nSPS) is 10.6. The van der Waals surface area contributed by atoms with E-state index in [2.05, 4.69) is 15.6 Å². The maximum absolute atomic E-state index is 11.8. The lowest BCUT2D eigenvalue weighted by molar-refractivity contribution is -0.137. The minimum Gasteiger partial charge on any atom is -0.480 e. The number of amides is 1. The largest absolute Gasteiger partial charge is 0.480 e. The first-order valence-electron chi connectivity index (χ1n) is 6.42. The Morgan fingerprint density at radius 1 is 1.43 bits per heavy atom. The van der Waals surface area contributed by atoms with Crippen LogP contribution < -0.4 is 5.32 Å². The molecule has 0 radical (unpaired) electrons. The quantitative estimate of drug-likeness (QED) is 0.826. The van der Waals surface area contributed by atoms with Gasteiger partial charge in [-0.15, -0.1) is 0 Å². The summed E-state index contributed by atoms with van der Waals surface area (Å²) in [5.74, 6) is -0.143. The number of nitrogens with zero attached hydrogens (tertiary/aromatic N) is 3. The monoisotopic (exact) mass is 292 g/mol. The zero-order valence-electron chi connectivity index (χ0n) is 11.8. The summed E-state index contributed by atoms with van der Waals surface area (Å²) in [6.45, 7) is 3.40. The molecule has 0 aromatic carbocycles. The van der Waals surface area contributed by atoms with Gasteiger partial charge in [-0.2, -0.15) is 5.10 Å². The van der Waals surface area contributed by atoms with Crippen LogP contribution in [0.4, 0.5) is 5.82 Å². The zero-order chi connectivity index (χ0) is 15.4. The average Bonchev–Trinajstić information content (AvgIpc) is 2.95. The molecular weight excluding hydrogens is 276 g/mol. The van der Waals surface area contributed by atoms with Crippen molar-refractivity contribution >= 4 is 17.7 Å². The van der Waals surface area contributed by atoms with Gasteiger partial charge in [0.05, 0.1) is 5.69 Å². The second-order valence-electron chi connectivity index (χ2n) is 4.64. The Kier molecular flexibility index (Phi) is 4.36. The van der Waals surface area contributed by atoms with Gasteiger partial charge in [0.25, 0.3) is 0 Å². The van der Waals surface area contributed by atoms with Crippen LogP contribution in [0.5, 0.6) is 0 Å². The number of aryl methyl sites for hydroxylation is 2. The molecule has 0 atom stereocenters. The molecule has 21 heavy (non-hydrogen) atoms.